The number of nitrogens with one attached hydrogen (secondary N) is 1. The van der Waals surface area contributed by atoms with E-state index in [-0.39, 0.29) is 11.7 Å². The Kier molecular flexibility index (Phi) is 6.09. The molecule has 0 unspecified atom stereocenters. The number of nitrogens with zero attached hydrogens (tertiary/aromatic N) is 2. The Morgan fingerprint density at radius 1 is 1.25 bits per heavy atom. The molecular formula is C19H19N3O2. The van der Waals surface area contributed by atoms with Gasteiger partial charge in [-0.3, -0.25) is 9.78 Å². The molecule has 1 heterocycles. The molecule has 0 saturated heterocycles. The third kappa shape index (κ3) is 5.25. The van der Waals surface area contributed by atoms with Gasteiger partial charge in [-0.15, -0.1) is 0 Å². The minimum absolute atomic E-state index is 0.0570. The van der Waals surface area contributed by atoms with Crippen molar-refractivity contribution in [3.05, 3.63) is 65.5 Å². The van der Waals surface area contributed by atoms with Crippen molar-refractivity contribution >= 4 is 12.0 Å². The fourth-order valence-corrected chi connectivity index (χ4v) is 2.01. The van der Waals surface area contributed by atoms with E-state index in [9.17, 15) is 10.1 Å². The highest BCUT2D eigenvalue weighted by molar-refractivity contribution is 6.01. The number of benzene rings is 1. The molecule has 0 aliphatic carbocycles. The molecule has 1 aromatic carbocycles. The van der Waals surface area contributed by atoms with Crippen LogP contribution >= 0.6 is 0 Å². The number of rotatable bonds is 6. The summed E-state index contributed by atoms with van der Waals surface area (Å²) < 4.78 is 5.57. The van der Waals surface area contributed by atoms with Crippen LogP contribution in [0.5, 0.6) is 5.75 Å². The van der Waals surface area contributed by atoms with Crippen molar-refractivity contribution in [3.8, 4) is 11.8 Å². The van der Waals surface area contributed by atoms with E-state index in [2.05, 4.69) is 10.3 Å². The van der Waals surface area contributed by atoms with Crippen molar-refractivity contribution in [1.29, 1.82) is 5.26 Å². The quantitative estimate of drug-likeness (QED) is 0.655. The molecule has 0 aliphatic heterocycles. The number of carbonyl (C=O) groups is 1. The molecule has 2 aromatic rings. The Bertz CT molecular complexity index is 744. The standard InChI is InChI=1S/C19H19N3O2/c1-14(2)24-18-5-3-15(4-6-18)11-17(12-20)19(23)22-13-16-7-9-21-10-8-16/h3-11,14H,13H2,1-2H3,(H,22,23)/b17-11+. The van der Waals surface area contributed by atoms with Gasteiger partial charge in [-0.1, -0.05) is 12.1 Å². The Balaban J connectivity index is 2.02. The van der Waals surface area contributed by atoms with Gasteiger partial charge >= 0.3 is 0 Å². The van der Waals surface area contributed by atoms with E-state index < -0.39 is 5.91 Å². The van der Waals surface area contributed by atoms with E-state index in [4.69, 9.17) is 4.74 Å². The Morgan fingerprint density at radius 3 is 2.50 bits per heavy atom. The monoisotopic (exact) mass is 321 g/mol. The lowest BCUT2D eigenvalue weighted by Gasteiger charge is -2.09. The minimum Gasteiger partial charge on any atom is -0.491 e. The number of aromatic nitrogens is 1. The van der Waals surface area contributed by atoms with Crippen molar-refractivity contribution in [2.75, 3.05) is 0 Å². The van der Waals surface area contributed by atoms with Crippen molar-refractivity contribution < 1.29 is 9.53 Å². The van der Waals surface area contributed by atoms with Crippen LogP contribution in [0.2, 0.25) is 0 Å². The van der Waals surface area contributed by atoms with Gasteiger partial charge in [0, 0.05) is 18.9 Å². The topological polar surface area (TPSA) is 75.0 Å². The Labute approximate surface area is 141 Å². The molecule has 122 valence electrons. The van der Waals surface area contributed by atoms with Crippen LogP contribution in [-0.4, -0.2) is 17.0 Å². The zero-order valence-electron chi connectivity index (χ0n) is 13.7. The van der Waals surface area contributed by atoms with Gasteiger partial charge in [0.05, 0.1) is 6.10 Å². The van der Waals surface area contributed by atoms with Crippen LogP contribution in [-0.2, 0) is 11.3 Å². The second-order valence-electron chi connectivity index (χ2n) is 5.44. The summed E-state index contributed by atoms with van der Waals surface area (Å²) in [5.74, 6) is 0.347. The van der Waals surface area contributed by atoms with Crippen LogP contribution in [0.3, 0.4) is 0 Å². The lowest BCUT2D eigenvalue weighted by molar-refractivity contribution is -0.117. The highest BCUT2D eigenvalue weighted by Crippen LogP contribution is 2.16. The third-order valence-electron chi connectivity index (χ3n) is 3.13. The molecule has 1 amide bonds. The van der Waals surface area contributed by atoms with Gasteiger partial charge in [0.2, 0.25) is 0 Å². The molecule has 0 fully saturated rings. The van der Waals surface area contributed by atoms with Crippen molar-refractivity contribution in [1.82, 2.24) is 10.3 Å². The maximum atomic E-state index is 12.1. The molecule has 0 spiro atoms. The van der Waals surface area contributed by atoms with Crippen molar-refractivity contribution in [2.45, 2.75) is 26.5 Å². The van der Waals surface area contributed by atoms with Crippen LogP contribution in [0.25, 0.3) is 6.08 Å². The second-order valence-corrected chi connectivity index (χ2v) is 5.44. The molecule has 0 bridgehead atoms. The lowest BCUT2D eigenvalue weighted by atomic mass is 10.1. The first-order valence-electron chi connectivity index (χ1n) is 7.64. The summed E-state index contributed by atoms with van der Waals surface area (Å²) in [6.45, 7) is 4.25. The molecule has 1 aromatic heterocycles. The highest BCUT2D eigenvalue weighted by atomic mass is 16.5. The molecule has 24 heavy (non-hydrogen) atoms. The van der Waals surface area contributed by atoms with E-state index in [1.807, 2.05) is 56.3 Å². The molecule has 0 radical (unpaired) electrons. The first kappa shape index (κ1) is 17.2. The number of ether oxygens (including phenoxy) is 1. The predicted molar refractivity (Wildman–Crippen MR) is 91.9 cm³/mol. The average molecular weight is 321 g/mol. The van der Waals surface area contributed by atoms with E-state index in [0.717, 1.165) is 16.9 Å². The SMILES string of the molecule is CC(C)Oc1ccc(/C=C(\C#N)C(=O)NCc2ccncc2)cc1. The molecule has 1 N–H and O–H groups in total. The molecular weight excluding hydrogens is 302 g/mol. The van der Waals surface area contributed by atoms with Crippen LogP contribution in [0, 0.1) is 11.3 Å². The van der Waals surface area contributed by atoms with Crippen LogP contribution in [0.15, 0.2) is 54.4 Å². The maximum Gasteiger partial charge on any atom is 0.262 e. The summed E-state index contributed by atoms with van der Waals surface area (Å²) >= 11 is 0. The normalized spacial score (nSPS) is 11.0. The number of amides is 1. The summed E-state index contributed by atoms with van der Waals surface area (Å²) in [6, 6.07) is 12.8. The second kappa shape index (κ2) is 8.49. The average Bonchev–Trinajstić information content (AvgIpc) is 2.59. The molecule has 2 rings (SSSR count). The largest absolute Gasteiger partial charge is 0.491 e. The van der Waals surface area contributed by atoms with Crippen molar-refractivity contribution in [2.24, 2.45) is 0 Å². The minimum atomic E-state index is -0.406. The fraction of sp³-hybridized carbons (Fsp3) is 0.211. The molecule has 0 saturated carbocycles. The fourth-order valence-electron chi connectivity index (χ4n) is 2.01. The first-order valence-corrected chi connectivity index (χ1v) is 7.64. The smallest absolute Gasteiger partial charge is 0.262 e. The van der Waals surface area contributed by atoms with Gasteiger partial charge < -0.3 is 10.1 Å². The van der Waals surface area contributed by atoms with Crippen LogP contribution < -0.4 is 10.1 Å². The van der Waals surface area contributed by atoms with Crippen molar-refractivity contribution in [3.63, 3.8) is 0 Å². The summed E-state index contributed by atoms with van der Waals surface area (Å²) in [5, 5.41) is 11.9. The summed E-state index contributed by atoms with van der Waals surface area (Å²) in [6.07, 6.45) is 4.97. The van der Waals surface area contributed by atoms with Gasteiger partial charge in [-0.2, -0.15) is 5.26 Å². The third-order valence-corrected chi connectivity index (χ3v) is 3.13. The predicted octanol–water partition coefficient (Wildman–Crippen LogP) is 3.09. The Hall–Kier alpha value is -3.13. The summed E-state index contributed by atoms with van der Waals surface area (Å²) in [4.78, 5) is 16.0. The molecule has 5 nitrogen and oxygen atoms in total. The summed E-state index contributed by atoms with van der Waals surface area (Å²) in [5.41, 5.74) is 1.74. The number of hydrogen-bond acceptors (Lipinski definition) is 4. The van der Waals surface area contributed by atoms with Gasteiger partial charge in [0.1, 0.15) is 17.4 Å². The zero-order valence-corrected chi connectivity index (χ0v) is 13.7. The number of nitriles is 1. The first-order chi connectivity index (χ1) is 11.6. The van der Waals surface area contributed by atoms with E-state index >= 15 is 0 Å². The highest BCUT2D eigenvalue weighted by Gasteiger charge is 2.08. The van der Waals surface area contributed by atoms with Gasteiger partial charge in [0.15, 0.2) is 0 Å². The molecule has 0 atom stereocenters. The molecule has 0 aliphatic rings. The van der Waals surface area contributed by atoms with E-state index in [1.54, 1.807) is 18.5 Å². The van der Waals surface area contributed by atoms with Crippen LogP contribution in [0.4, 0.5) is 0 Å². The van der Waals surface area contributed by atoms with Gasteiger partial charge in [-0.05, 0) is 55.3 Å². The number of carbonyl (C=O) groups excluding carboxylic acids is 1. The lowest BCUT2D eigenvalue weighted by Crippen LogP contribution is -2.23. The van der Waals surface area contributed by atoms with Gasteiger partial charge in [0.25, 0.3) is 5.91 Å². The number of pyridine rings is 1. The summed E-state index contributed by atoms with van der Waals surface area (Å²) in [7, 11) is 0. The van der Waals surface area contributed by atoms with E-state index in [0.29, 0.717) is 6.54 Å². The van der Waals surface area contributed by atoms with E-state index in [1.165, 1.54) is 0 Å². The number of hydrogen-bond donors (Lipinski definition) is 1. The van der Waals surface area contributed by atoms with Gasteiger partial charge in [-0.25, -0.2) is 0 Å². The van der Waals surface area contributed by atoms with Crippen LogP contribution in [0.1, 0.15) is 25.0 Å². The molecule has 5 heteroatoms. The Morgan fingerprint density at radius 2 is 1.92 bits per heavy atom. The zero-order chi connectivity index (χ0) is 17.4. The maximum absolute atomic E-state index is 12.1.